The van der Waals surface area contributed by atoms with Gasteiger partial charge in [0.2, 0.25) is 0 Å². The second-order valence-electron chi connectivity index (χ2n) is 5.11. The Morgan fingerprint density at radius 1 is 1.28 bits per heavy atom. The normalized spacial score (nSPS) is 12.6. The molecular formula is C15H26N2O. The second kappa shape index (κ2) is 6.64. The molecule has 0 spiro atoms. The average molecular weight is 250 g/mol. The van der Waals surface area contributed by atoms with Crippen LogP contribution in [0.4, 0.5) is 5.69 Å². The summed E-state index contributed by atoms with van der Waals surface area (Å²) in [5.41, 5.74) is 8.40. The first-order valence-corrected chi connectivity index (χ1v) is 6.68. The lowest BCUT2D eigenvalue weighted by atomic mass is 10.0. The topological polar surface area (TPSA) is 38.5 Å². The number of anilines is 1. The van der Waals surface area contributed by atoms with E-state index >= 15 is 0 Å². The molecule has 0 aliphatic heterocycles. The molecule has 2 N–H and O–H groups in total. The highest BCUT2D eigenvalue weighted by Crippen LogP contribution is 2.33. The fraction of sp³-hybridized carbons (Fsp3) is 0.600. The summed E-state index contributed by atoms with van der Waals surface area (Å²) >= 11 is 0. The highest BCUT2D eigenvalue weighted by Gasteiger charge is 2.17. The molecule has 0 saturated carbocycles. The number of hydrogen-bond acceptors (Lipinski definition) is 3. The lowest BCUT2D eigenvalue weighted by molar-refractivity contribution is 0.406. The lowest BCUT2D eigenvalue weighted by Crippen LogP contribution is -2.29. The molecule has 0 saturated heterocycles. The van der Waals surface area contributed by atoms with Gasteiger partial charge in [-0.15, -0.1) is 0 Å². The maximum atomic E-state index is 6.11. The molecule has 0 aromatic heterocycles. The number of hydrogen-bond donors (Lipinski definition) is 1. The highest BCUT2D eigenvalue weighted by atomic mass is 16.5. The van der Waals surface area contributed by atoms with E-state index in [9.17, 15) is 0 Å². The quantitative estimate of drug-likeness (QED) is 0.842. The Labute approximate surface area is 111 Å². The predicted octanol–water partition coefficient (Wildman–Crippen LogP) is 3.20. The smallest absolute Gasteiger partial charge is 0.125 e. The van der Waals surface area contributed by atoms with Crippen LogP contribution >= 0.6 is 0 Å². The van der Waals surface area contributed by atoms with Crippen molar-refractivity contribution in [1.82, 2.24) is 0 Å². The number of ether oxygens (including phenoxy) is 1. The zero-order chi connectivity index (χ0) is 13.7. The van der Waals surface area contributed by atoms with E-state index in [-0.39, 0.29) is 6.04 Å². The van der Waals surface area contributed by atoms with Crippen LogP contribution in [0.25, 0.3) is 0 Å². The predicted molar refractivity (Wildman–Crippen MR) is 78.3 cm³/mol. The molecule has 102 valence electrons. The average Bonchev–Trinajstić information content (AvgIpc) is 2.34. The van der Waals surface area contributed by atoms with Crippen LogP contribution < -0.4 is 15.4 Å². The van der Waals surface area contributed by atoms with Crippen molar-refractivity contribution < 1.29 is 4.74 Å². The van der Waals surface area contributed by atoms with Gasteiger partial charge < -0.3 is 15.4 Å². The van der Waals surface area contributed by atoms with Gasteiger partial charge in [0.1, 0.15) is 5.75 Å². The SMILES string of the molecule is CCN(CC(C)C)c1cccc(OC)c1[C@@H](C)N. The minimum Gasteiger partial charge on any atom is -0.496 e. The zero-order valence-corrected chi connectivity index (χ0v) is 12.2. The lowest BCUT2D eigenvalue weighted by Gasteiger charge is -2.29. The summed E-state index contributed by atoms with van der Waals surface area (Å²) in [6.07, 6.45) is 0. The first-order chi connectivity index (χ1) is 8.51. The number of rotatable bonds is 6. The fourth-order valence-corrected chi connectivity index (χ4v) is 2.28. The fourth-order valence-electron chi connectivity index (χ4n) is 2.28. The van der Waals surface area contributed by atoms with E-state index in [4.69, 9.17) is 10.5 Å². The third kappa shape index (κ3) is 3.39. The molecule has 0 amide bonds. The van der Waals surface area contributed by atoms with Crippen LogP contribution in [0.2, 0.25) is 0 Å². The number of nitrogens with zero attached hydrogens (tertiary/aromatic N) is 1. The summed E-state index contributed by atoms with van der Waals surface area (Å²) < 4.78 is 5.44. The maximum absolute atomic E-state index is 6.11. The molecular weight excluding hydrogens is 224 g/mol. The molecule has 1 atom stereocenters. The number of methoxy groups -OCH3 is 1. The Balaban J connectivity index is 3.20. The minimum absolute atomic E-state index is 0.0302. The third-order valence-corrected chi connectivity index (χ3v) is 3.03. The summed E-state index contributed by atoms with van der Waals surface area (Å²) in [7, 11) is 1.70. The summed E-state index contributed by atoms with van der Waals surface area (Å²) in [6.45, 7) is 10.6. The molecule has 0 unspecified atom stereocenters. The third-order valence-electron chi connectivity index (χ3n) is 3.03. The molecule has 3 nitrogen and oxygen atoms in total. The Bertz CT molecular complexity index is 375. The minimum atomic E-state index is -0.0302. The number of benzene rings is 1. The molecule has 0 bridgehead atoms. The Morgan fingerprint density at radius 2 is 1.94 bits per heavy atom. The van der Waals surface area contributed by atoms with Gasteiger partial charge in [0.15, 0.2) is 0 Å². The summed E-state index contributed by atoms with van der Waals surface area (Å²) in [6, 6.07) is 6.11. The van der Waals surface area contributed by atoms with Crippen LogP contribution in [-0.2, 0) is 0 Å². The molecule has 1 aromatic rings. The molecule has 3 heteroatoms. The van der Waals surface area contributed by atoms with Crippen LogP contribution in [0.1, 0.15) is 39.3 Å². The van der Waals surface area contributed by atoms with Crippen LogP contribution in [0.3, 0.4) is 0 Å². The van der Waals surface area contributed by atoms with Gasteiger partial charge in [-0.3, -0.25) is 0 Å². The maximum Gasteiger partial charge on any atom is 0.125 e. The Hall–Kier alpha value is -1.22. The van der Waals surface area contributed by atoms with E-state index in [0.29, 0.717) is 5.92 Å². The van der Waals surface area contributed by atoms with Gasteiger partial charge in [0.05, 0.1) is 7.11 Å². The van der Waals surface area contributed by atoms with Crippen molar-refractivity contribution in [3.8, 4) is 5.75 Å². The van der Waals surface area contributed by atoms with Gasteiger partial charge in [0, 0.05) is 30.4 Å². The van der Waals surface area contributed by atoms with Crippen molar-refractivity contribution in [2.75, 3.05) is 25.1 Å². The van der Waals surface area contributed by atoms with Gasteiger partial charge in [0.25, 0.3) is 0 Å². The molecule has 0 radical (unpaired) electrons. The van der Waals surface area contributed by atoms with Gasteiger partial charge in [-0.2, -0.15) is 0 Å². The molecule has 0 aliphatic carbocycles. The monoisotopic (exact) mass is 250 g/mol. The van der Waals surface area contributed by atoms with Crippen LogP contribution in [0.15, 0.2) is 18.2 Å². The van der Waals surface area contributed by atoms with Crippen molar-refractivity contribution in [2.24, 2.45) is 11.7 Å². The first-order valence-electron chi connectivity index (χ1n) is 6.68. The Kier molecular flexibility index (Phi) is 5.48. The molecule has 0 heterocycles. The van der Waals surface area contributed by atoms with E-state index in [1.54, 1.807) is 7.11 Å². The molecule has 0 aliphatic rings. The van der Waals surface area contributed by atoms with Gasteiger partial charge in [-0.1, -0.05) is 19.9 Å². The van der Waals surface area contributed by atoms with Crippen molar-refractivity contribution in [1.29, 1.82) is 0 Å². The Morgan fingerprint density at radius 3 is 2.39 bits per heavy atom. The molecule has 0 fully saturated rings. The standard InChI is InChI=1S/C15H26N2O/c1-6-17(10-11(2)3)13-8-7-9-14(18-5)15(13)12(4)16/h7-9,11-12H,6,10,16H2,1-5H3/t12-/m1/s1. The van der Waals surface area contributed by atoms with Crippen molar-refractivity contribution >= 4 is 5.69 Å². The molecule has 18 heavy (non-hydrogen) atoms. The number of nitrogens with two attached hydrogens (primary N) is 1. The van der Waals surface area contributed by atoms with Crippen molar-refractivity contribution in [2.45, 2.75) is 33.7 Å². The first kappa shape index (κ1) is 14.8. The van der Waals surface area contributed by atoms with Crippen molar-refractivity contribution in [3.05, 3.63) is 23.8 Å². The van der Waals surface area contributed by atoms with Gasteiger partial charge in [-0.05, 0) is 31.9 Å². The largest absolute Gasteiger partial charge is 0.496 e. The van der Waals surface area contributed by atoms with Gasteiger partial charge >= 0.3 is 0 Å². The van der Waals surface area contributed by atoms with E-state index in [2.05, 4.69) is 31.7 Å². The van der Waals surface area contributed by atoms with E-state index in [1.165, 1.54) is 5.69 Å². The highest BCUT2D eigenvalue weighted by molar-refractivity contribution is 5.60. The summed E-state index contributed by atoms with van der Waals surface area (Å²) in [4.78, 5) is 2.37. The summed E-state index contributed by atoms with van der Waals surface area (Å²) in [5, 5.41) is 0. The van der Waals surface area contributed by atoms with Gasteiger partial charge in [-0.25, -0.2) is 0 Å². The van der Waals surface area contributed by atoms with Crippen LogP contribution in [-0.4, -0.2) is 20.2 Å². The summed E-state index contributed by atoms with van der Waals surface area (Å²) in [5.74, 6) is 1.50. The van der Waals surface area contributed by atoms with E-state index < -0.39 is 0 Å². The van der Waals surface area contributed by atoms with E-state index in [0.717, 1.165) is 24.4 Å². The van der Waals surface area contributed by atoms with Crippen LogP contribution in [0.5, 0.6) is 5.75 Å². The van der Waals surface area contributed by atoms with E-state index in [1.807, 2.05) is 19.1 Å². The van der Waals surface area contributed by atoms with Crippen LogP contribution in [0, 0.1) is 5.92 Å². The molecule has 1 rings (SSSR count). The van der Waals surface area contributed by atoms with Crippen molar-refractivity contribution in [3.63, 3.8) is 0 Å². The zero-order valence-electron chi connectivity index (χ0n) is 12.2. The molecule has 1 aromatic carbocycles. The second-order valence-corrected chi connectivity index (χ2v) is 5.11.